The number of nitrogens with zero attached hydrogens (tertiary/aromatic N) is 1. The lowest BCUT2D eigenvalue weighted by molar-refractivity contribution is -0.122. The summed E-state index contributed by atoms with van der Waals surface area (Å²) in [4.78, 5) is 39.1. The van der Waals surface area contributed by atoms with Crippen LogP contribution < -0.4 is 24.4 Å². The number of rotatable bonds is 8. The average molecular weight is 569 g/mol. The number of amides is 4. The highest BCUT2D eigenvalue weighted by Gasteiger charge is 2.37. The number of barbiturate groups is 1. The first-order chi connectivity index (χ1) is 17.8. The van der Waals surface area contributed by atoms with Crippen LogP contribution in [0.1, 0.15) is 18.1 Å². The fourth-order valence-electron chi connectivity index (χ4n) is 3.63. The summed E-state index contributed by atoms with van der Waals surface area (Å²) in [6.07, 6.45) is 1.36. The minimum atomic E-state index is -0.856. The fourth-order valence-corrected chi connectivity index (χ4v) is 4.20. The molecule has 0 aromatic heterocycles. The molecule has 190 valence electrons. The van der Waals surface area contributed by atoms with Crippen molar-refractivity contribution in [1.29, 1.82) is 0 Å². The van der Waals surface area contributed by atoms with Gasteiger partial charge in [-0.1, -0.05) is 18.2 Å². The first-order valence-electron chi connectivity index (χ1n) is 11.2. The molecule has 0 radical (unpaired) electrons. The second-order valence-electron chi connectivity index (χ2n) is 7.80. The second-order valence-corrected chi connectivity index (χ2v) is 8.65. The van der Waals surface area contributed by atoms with E-state index in [2.05, 4.69) is 21.2 Å². The number of urea groups is 1. The van der Waals surface area contributed by atoms with Gasteiger partial charge in [-0.3, -0.25) is 14.9 Å². The van der Waals surface area contributed by atoms with Crippen LogP contribution in [-0.4, -0.2) is 31.6 Å². The molecule has 0 unspecified atom stereocenters. The maximum Gasteiger partial charge on any atom is 0.335 e. The molecule has 37 heavy (non-hydrogen) atoms. The van der Waals surface area contributed by atoms with E-state index in [0.29, 0.717) is 39.5 Å². The minimum absolute atomic E-state index is 0.0361. The third-order valence-electron chi connectivity index (χ3n) is 5.40. The van der Waals surface area contributed by atoms with Gasteiger partial charge in [-0.05, 0) is 77.0 Å². The van der Waals surface area contributed by atoms with Gasteiger partial charge in [0.1, 0.15) is 23.7 Å². The number of nitrogens with one attached hydrogen (secondary N) is 1. The molecule has 0 bridgehead atoms. The lowest BCUT2D eigenvalue weighted by atomic mass is 10.1. The van der Waals surface area contributed by atoms with E-state index in [1.54, 1.807) is 49.4 Å². The number of methoxy groups -OCH3 is 1. The third-order valence-corrected chi connectivity index (χ3v) is 5.99. The van der Waals surface area contributed by atoms with E-state index < -0.39 is 23.7 Å². The lowest BCUT2D eigenvalue weighted by Gasteiger charge is -2.26. The molecule has 3 aromatic rings. The van der Waals surface area contributed by atoms with Crippen molar-refractivity contribution in [1.82, 2.24) is 5.32 Å². The van der Waals surface area contributed by atoms with E-state index in [1.165, 1.54) is 31.4 Å². The molecule has 1 aliphatic rings. The SMILES string of the molecule is CCOc1cc(/C=C2\C(=O)NC(=O)N(c3ccc(OC)cc3)C2=O)cc(Br)c1OCc1ccccc1F. The van der Waals surface area contributed by atoms with Crippen LogP contribution in [0.4, 0.5) is 14.9 Å². The van der Waals surface area contributed by atoms with Gasteiger partial charge in [-0.2, -0.15) is 0 Å². The number of anilines is 1. The van der Waals surface area contributed by atoms with E-state index in [9.17, 15) is 18.8 Å². The summed E-state index contributed by atoms with van der Waals surface area (Å²) < 4.78 is 31.2. The van der Waals surface area contributed by atoms with Crippen LogP contribution in [0, 0.1) is 5.82 Å². The monoisotopic (exact) mass is 568 g/mol. The molecule has 8 nitrogen and oxygen atoms in total. The number of imide groups is 2. The molecule has 1 aliphatic heterocycles. The summed E-state index contributed by atoms with van der Waals surface area (Å²) in [5, 5.41) is 2.19. The normalized spacial score (nSPS) is 14.5. The number of benzene rings is 3. The van der Waals surface area contributed by atoms with Crippen LogP contribution in [0.15, 0.2) is 70.7 Å². The Kier molecular flexibility index (Phi) is 7.88. The van der Waals surface area contributed by atoms with Gasteiger partial charge in [0.15, 0.2) is 11.5 Å². The van der Waals surface area contributed by atoms with Crippen LogP contribution in [0.25, 0.3) is 6.08 Å². The Bertz CT molecular complexity index is 1390. The van der Waals surface area contributed by atoms with Gasteiger partial charge in [0.25, 0.3) is 11.8 Å². The van der Waals surface area contributed by atoms with Crippen molar-refractivity contribution in [3.05, 3.63) is 87.7 Å². The number of carbonyl (C=O) groups excluding carboxylic acids is 3. The van der Waals surface area contributed by atoms with Gasteiger partial charge >= 0.3 is 6.03 Å². The topological polar surface area (TPSA) is 94.2 Å². The molecule has 10 heteroatoms. The lowest BCUT2D eigenvalue weighted by Crippen LogP contribution is -2.54. The minimum Gasteiger partial charge on any atom is -0.497 e. The molecule has 3 aromatic carbocycles. The van der Waals surface area contributed by atoms with E-state index in [1.807, 2.05) is 0 Å². The number of ether oxygens (including phenoxy) is 3. The second kappa shape index (κ2) is 11.3. The summed E-state index contributed by atoms with van der Waals surface area (Å²) in [6, 6.07) is 14.9. The Morgan fingerprint density at radius 2 is 1.76 bits per heavy atom. The quantitative estimate of drug-likeness (QED) is 0.295. The van der Waals surface area contributed by atoms with E-state index in [0.717, 1.165) is 4.90 Å². The molecule has 1 fully saturated rings. The summed E-state index contributed by atoms with van der Waals surface area (Å²) in [6.45, 7) is 2.06. The largest absolute Gasteiger partial charge is 0.497 e. The molecular formula is C27H22BrFN2O6. The zero-order chi connectivity index (χ0) is 26.5. The van der Waals surface area contributed by atoms with Crippen LogP contribution in [0.5, 0.6) is 17.2 Å². The van der Waals surface area contributed by atoms with Crippen molar-refractivity contribution in [3.63, 3.8) is 0 Å². The Balaban J connectivity index is 1.65. The highest BCUT2D eigenvalue weighted by molar-refractivity contribution is 9.10. The molecule has 0 atom stereocenters. The van der Waals surface area contributed by atoms with E-state index in [4.69, 9.17) is 14.2 Å². The maximum atomic E-state index is 14.0. The van der Waals surface area contributed by atoms with Gasteiger partial charge in [0.05, 0.1) is 23.9 Å². The van der Waals surface area contributed by atoms with E-state index in [-0.39, 0.29) is 17.9 Å². The van der Waals surface area contributed by atoms with Crippen molar-refractivity contribution < 1.29 is 33.0 Å². The van der Waals surface area contributed by atoms with E-state index >= 15 is 0 Å². The van der Waals surface area contributed by atoms with Crippen LogP contribution in [-0.2, 0) is 16.2 Å². The van der Waals surface area contributed by atoms with Crippen molar-refractivity contribution in [3.8, 4) is 17.2 Å². The van der Waals surface area contributed by atoms with Gasteiger partial charge in [-0.15, -0.1) is 0 Å². The Morgan fingerprint density at radius 3 is 2.43 bits per heavy atom. The average Bonchev–Trinajstić information content (AvgIpc) is 2.87. The van der Waals surface area contributed by atoms with Crippen molar-refractivity contribution in [2.45, 2.75) is 13.5 Å². The highest BCUT2D eigenvalue weighted by atomic mass is 79.9. The summed E-state index contributed by atoms with van der Waals surface area (Å²) in [5.74, 6) is -0.795. The Hall–Kier alpha value is -4.18. The van der Waals surface area contributed by atoms with Crippen molar-refractivity contribution in [2.75, 3.05) is 18.6 Å². The van der Waals surface area contributed by atoms with Crippen molar-refractivity contribution >= 4 is 45.5 Å². The molecular weight excluding hydrogens is 547 g/mol. The molecule has 1 heterocycles. The van der Waals surface area contributed by atoms with Crippen LogP contribution >= 0.6 is 15.9 Å². The zero-order valence-electron chi connectivity index (χ0n) is 19.9. The molecule has 1 N–H and O–H groups in total. The first-order valence-corrected chi connectivity index (χ1v) is 12.0. The summed E-state index contributed by atoms with van der Waals surface area (Å²) in [5.41, 5.74) is 0.839. The number of hydrogen-bond acceptors (Lipinski definition) is 6. The first kappa shape index (κ1) is 25.9. The molecule has 0 saturated carbocycles. The standard InChI is InChI=1S/C27H22BrFN2O6/c1-3-36-23-14-16(13-21(28)24(23)37-15-17-6-4-5-7-22(17)29)12-20-25(32)30-27(34)31(26(20)33)18-8-10-19(35-2)11-9-18/h4-14H,3,15H2,1-2H3,(H,30,32,34)/b20-12+. The predicted octanol–water partition coefficient (Wildman–Crippen LogP) is 5.24. The van der Waals surface area contributed by atoms with Gasteiger partial charge in [-0.25, -0.2) is 14.1 Å². The number of halogens is 2. The maximum absolute atomic E-state index is 14.0. The van der Waals surface area contributed by atoms with Crippen molar-refractivity contribution in [2.24, 2.45) is 0 Å². The van der Waals surface area contributed by atoms with Gasteiger partial charge in [0.2, 0.25) is 0 Å². The molecule has 0 aliphatic carbocycles. The smallest absolute Gasteiger partial charge is 0.335 e. The highest BCUT2D eigenvalue weighted by Crippen LogP contribution is 2.38. The third kappa shape index (κ3) is 5.64. The summed E-state index contributed by atoms with van der Waals surface area (Å²) in [7, 11) is 1.50. The molecule has 1 saturated heterocycles. The molecule has 0 spiro atoms. The van der Waals surface area contributed by atoms with Gasteiger partial charge in [0, 0.05) is 5.56 Å². The summed E-state index contributed by atoms with van der Waals surface area (Å²) >= 11 is 3.44. The number of carbonyl (C=O) groups is 3. The Labute approximate surface area is 220 Å². The van der Waals surface area contributed by atoms with Crippen LogP contribution in [0.2, 0.25) is 0 Å². The number of hydrogen-bond donors (Lipinski definition) is 1. The van der Waals surface area contributed by atoms with Gasteiger partial charge < -0.3 is 14.2 Å². The zero-order valence-corrected chi connectivity index (χ0v) is 21.5. The molecule has 4 rings (SSSR count). The molecule has 4 amide bonds. The fraction of sp³-hybridized carbons (Fsp3) is 0.148. The Morgan fingerprint density at radius 1 is 1.03 bits per heavy atom. The predicted molar refractivity (Wildman–Crippen MR) is 138 cm³/mol. The van der Waals surface area contributed by atoms with Crippen LogP contribution in [0.3, 0.4) is 0 Å².